The zero-order valence-electron chi connectivity index (χ0n) is 10.6. The first-order valence-electron chi connectivity index (χ1n) is 6.17. The van der Waals surface area contributed by atoms with Crippen LogP contribution in [0.25, 0.3) is 0 Å². The highest BCUT2D eigenvalue weighted by Gasteiger charge is 2.13. The smallest absolute Gasteiger partial charge is 0.169 e. The van der Waals surface area contributed by atoms with Gasteiger partial charge in [0.1, 0.15) is 6.07 Å². The summed E-state index contributed by atoms with van der Waals surface area (Å²) in [4.78, 5) is 4.41. The Morgan fingerprint density at radius 3 is 3.00 bits per heavy atom. The summed E-state index contributed by atoms with van der Waals surface area (Å²) < 4.78 is 0. The van der Waals surface area contributed by atoms with Crippen LogP contribution < -0.4 is 10.2 Å². The van der Waals surface area contributed by atoms with Crippen molar-refractivity contribution in [2.45, 2.75) is 0 Å². The number of piperazine rings is 1. The number of rotatable bonds is 4. The van der Waals surface area contributed by atoms with Gasteiger partial charge in [0.05, 0.1) is 11.8 Å². The summed E-state index contributed by atoms with van der Waals surface area (Å²) >= 11 is 0. The number of hydrogen-bond donors (Lipinski definition) is 1. The van der Waals surface area contributed by atoms with Crippen LogP contribution in [0.1, 0.15) is 5.56 Å². The van der Waals surface area contributed by atoms with Gasteiger partial charge in [-0.3, -0.25) is 4.90 Å². The Bertz CT molecular complexity index is 421. The molecule has 1 fully saturated rings. The number of aromatic nitrogens is 2. The van der Waals surface area contributed by atoms with Crippen molar-refractivity contribution in [3.05, 3.63) is 17.8 Å². The van der Waals surface area contributed by atoms with Crippen LogP contribution in [0.5, 0.6) is 0 Å². The van der Waals surface area contributed by atoms with E-state index in [2.05, 4.69) is 26.5 Å². The molecule has 0 spiro atoms. The van der Waals surface area contributed by atoms with E-state index in [0.29, 0.717) is 11.4 Å². The van der Waals surface area contributed by atoms with E-state index in [1.165, 1.54) is 0 Å². The van der Waals surface area contributed by atoms with Crippen molar-refractivity contribution in [1.29, 1.82) is 5.26 Å². The third kappa shape index (κ3) is 3.15. The summed E-state index contributed by atoms with van der Waals surface area (Å²) in [6.45, 7) is 6.11. The van der Waals surface area contributed by atoms with Crippen molar-refractivity contribution in [3.63, 3.8) is 0 Å². The zero-order valence-corrected chi connectivity index (χ0v) is 10.6. The van der Waals surface area contributed by atoms with E-state index < -0.39 is 0 Å². The molecule has 1 aromatic rings. The third-order valence-electron chi connectivity index (χ3n) is 3.14. The van der Waals surface area contributed by atoms with Gasteiger partial charge in [0.2, 0.25) is 0 Å². The number of likely N-dealkylation sites (N-methyl/N-ethyl adjacent to an activating group) is 1. The molecule has 0 unspecified atom stereocenters. The molecule has 0 aromatic carbocycles. The molecule has 6 nitrogen and oxygen atoms in total. The maximum absolute atomic E-state index is 9.02. The molecular weight excluding hydrogens is 228 g/mol. The van der Waals surface area contributed by atoms with Gasteiger partial charge in [0, 0.05) is 46.3 Å². The lowest BCUT2D eigenvalue weighted by Gasteiger charge is -2.29. The lowest BCUT2D eigenvalue weighted by Crippen LogP contribution is -2.46. The molecule has 0 amide bonds. The summed E-state index contributed by atoms with van der Waals surface area (Å²) in [7, 11) is 1.95. The van der Waals surface area contributed by atoms with Crippen LogP contribution in [0.3, 0.4) is 0 Å². The van der Waals surface area contributed by atoms with Gasteiger partial charge in [0.15, 0.2) is 5.82 Å². The summed E-state index contributed by atoms with van der Waals surface area (Å²) in [5, 5.41) is 20.2. The van der Waals surface area contributed by atoms with E-state index in [1.54, 1.807) is 12.3 Å². The van der Waals surface area contributed by atoms with Crippen LogP contribution in [0, 0.1) is 11.3 Å². The third-order valence-corrected chi connectivity index (χ3v) is 3.14. The lowest BCUT2D eigenvalue weighted by molar-refractivity contribution is 0.246. The number of hydrogen-bond acceptors (Lipinski definition) is 6. The number of anilines is 1. The Labute approximate surface area is 107 Å². The van der Waals surface area contributed by atoms with Gasteiger partial charge in [0.25, 0.3) is 0 Å². The van der Waals surface area contributed by atoms with Crippen LogP contribution >= 0.6 is 0 Å². The predicted octanol–water partition coefficient (Wildman–Crippen LogP) is -0.310. The van der Waals surface area contributed by atoms with Gasteiger partial charge in [-0.25, -0.2) is 0 Å². The summed E-state index contributed by atoms with van der Waals surface area (Å²) in [5.41, 5.74) is 0.577. The summed E-state index contributed by atoms with van der Waals surface area (Å²) in [6, 6.07) is 3.84. The molecule has 6 heteroatoms. The van der Waals surface area contributed by atoms with Crippen LogP contribution in [-0.4, -0.2) is 61.4 Å². The summed E-state index contributed by atoms with van der Waals surface area (Å²) in [5.74, 6) is 0.662. The highest BCUT2D eigenvalue weighted by atomic mass is 15.3. The molecule has 2 heterocycles. The van der Waals surface area contributed by atoms with Crippen molar-refractivity contribution >= 4 is 5.82 Å². The topological polar surface area (TPSA) is 68.1 Å². The molecule has 1 saturated heterocycles. The minimum Gasteiger partial charge on any atom is -0.356 e. The first-order chi connectivity index (χ1) is 8.81. The first kappa shape index (κ1) is 12.7. The molecule has 0 radical (unpaired) electrons. The highest BCUT2D eigenvalue weighted by molar-refractivity contribution is 5.51. The van der Waals surface area contributed by atoms with Crippen LogP contribution in [-0.2, 0) is 0 Å². The molecular formula is C12H18N6. The Morgan fingerprint density at radius 2 is 2.28 bits per heavy atom. The fourth-order valence-electron chi connectivity index (χ4n) is 2.03. The van der Waals surface area contributed by atoms with Gasteiger partial charge in [-0.1, -0.05) is 0 Å². The van der Waals surface area contributed by atoms with E-state index in [0.717, 1.165) is 39.3 Å². The number of nitriles is 1. The van der Waals surface area contributed by atoms with Crippen molar-refractivity contribution in [2.75, 3.05) is 51.2 Å². The minimum atomic E-state index is 0.577. The van der Waals surface area contributed by atoms with Gasteiger partial charge in [-0.05, 0) is 6.07 Å². The molecule has 0 saturated carbocycles. The molecule has 0 aliphatic carbocycles. The highest BCUT2D eigenvalue weighted by Crippen LogP contribution is 2.12. The molecule has 1 aromatic heterocycles. The second-order valence-corrected chi connectivity index (χ2v) is 4.39. The predicted molar refractivity (Wildman–Crippen MR) is 69.3 cm³/mol. The van der Waals surface area contributed by atoms with Crippen LogP contribution in [0.15, 0.2) is 12.3 Å². The fraction of sp³-hybridized carbons (Fsp3) is 0.583. The lowest BCUT2D eigenvalue weighted by atomic mass is 10.3. The van der Waals surface area contributed by atoms with E-state index in [9.17, 15) is 0 Å². The molecule has 2 rings (SSSR count). The molecule has 0 bridgehead atoms. The van der Waals surface area contributed by atoms with E-state index in [-0.39, 0.29) is 0 Å². The second-order valence-electron chi connectivity index (χ2n) is 4.39. The second kappa shape index (κ2) is 6.28. The number of nitrogens with one attached hydrogen (secondary N) is 1. The first-order valence-corrected chi connectivity index (χ1v) is 6.17. The minimum absolute atomic E-state index is 0.577. The normalized spacial score (nSPS) is 16.2. The van der Waals surface area contributed by atoms with Gasteiger partial charge in [-0.2, -0.15) is 10.4 Å². The van der Waals surface area contributed by atoms with Crippen molar-refractivity contribution in [1.82, 2.24) is 20.4 Å². The van der Waals surface area contributed by atoms with Crippen molar-refractivity contribution in [2.24, 2.45) is 0 Å². The Balaban J connectivity index is 1.91. The standard InChI is InChI=1S/C12H18N6/c1-17(8-9-18-6-4-14-5-7-18)12-11(10-13)2-3-15-16-12/h2-3,14H,4-9H2,1H3. The average Bonchev–Trinajstić information content (AvgIpc) is 2.45. The van der Waals surface area contributed by atoms with Crippen LogP contribution in [0.4, 0.5) is 5.82 Å². The van der Waals surface area contributed by atoms with Gasteiger partial charge < -0.3 is 10.2 Å². The average molecular weight is 246 g/mol. The quantitative estimate of drug-likeness (QED) is 0.786. The molecule has 1 aliphatic rings. The van der Waals surface area contributed by atoms with E-state index in [4.69, 9.17) is 5.26 Å². The Kier molecular flexibility index (Phi) is 4.45. The maximum atomic E-state index is 9.02. The molecule has 18 heavy (non-hydrogen) atoms. The van der Waals surface area contributed by atoms with Gasteiger partial charge >= 0.3 is 0 Å². The summed E-state index contributed by atoms with van der Waals surface area (Å²) in [6.07, 6.45) is 1.55. The SMILES string of the molecule is CN(CCN1CCNCC1)c1nnccc1C#N. The van der Waals surface area contributed by atoms with E-state index >= 15 is 0 Å². The van der Waals surface area contributed by atoms with Gasteiger partial charge in [-0.15, -0.1) is 5.10 Å². The monoisotopic (exact) mass is 246 g/mol. The molecule has 96 valence electrons. The largest absolute Gasteiger partial charge is 0.356 e. The Hall–Kier alpha value is -1.71. The Morgan fingerprint density at radius 1 is 1.50 bits per heavy atom. The molecule has 0 atom stereocenters. The molecule has 1 N–H and O–H groups in total. The van der Waals surface area contributed by atoms with Crippen molar-refractivity contribution in [3.8, 4) is 6.07 Å². The molecule has 1 aliphatic heterocycles. The maximum Gasteiger partial charge on any atom is 0.169 e. The van der Waals surface area contributed by atoms with Crippen molar-refractivity contribution < 1.29 is 0 Å². The zero-order chi connectivity index (χ0) is 12.8. The van der Waals surface area contributed by atoms with E-state index in [1.807, 2.05) is 11.9 Å². The fourth-order valence-corrected chi connectivity index (χ4v) is 2.03. The van der Waals surface area contributed by atoms with Crippen LogP contribution in [0.2, 0.25) is 0 Å². The number of nitrogens with zero attached hydrogens (tertiary/aromatic N) is 5.